The summed E-state index contributed by atoms with van der Waals surface area (Å²) in [6.07, 6.45) is -0.201. The fraction of sp³-hybridized carbons (Fsp3) is 0.188. The molecule has 0 aliphatic heterocycles. The van der Waals surface area contributed by atoms with Crippen molar-refractivity contribution in [3.05, 3.63) is 65.2 Å². The van der Waals surface area contributed by atoms with Crippen LogP contribution in [-0.4, -0.2) is 11.1 Å². The molecule has 0 aromatic heterocycles. The number of aliphatic hydroxyl groups excluding tert-OH is 1. The van der Waals surface area contributed by atoms with E-state index in [0.29, 0.717) is 12.1 Å². The Morgan fingerprint density at radius 1 is 1.20 bits per heavy atom. The minimum atomic E-state index is -0.618. The van der Waals surface area contributed by atoms with Crippen LogP contribution in [0.15, 0.2) is 48.5 Å². The van der Waals surface area contributed by atoms with Gasteiger partial charge in [-0.3, -0.25) is 0 Å². The van der Waals surface area contributed by atoms with Gasteiger partial charge in [0, 0.05) is 12.1 Å². The number of hydrogen-bond acceptors (Lipinski definition) is 2. The van der Waals surface area contributed by atoms with Crippen LogP contribution in [0.3, 0.4) is 0 Å². The number of benzene rings is 2. The lowest BCUT2D eigenvalue weighted by molar-refractivity contribution is 0.178. The first kappa shape index (κ1) is 14.1. The molecule has 0 unspecified atom stereocenters. The van der Waals surface area contributed by atoms with E-state index in [2.05, 4.69) is 5.32 Å². The first-order valence-corrected chi connectivity index (χ1v) is 6.46. The standard InChI is InChI=1S/C16H18N2O2/c1-11-6-2-4-8-13(11)15(19)10-12-7-3-5-9-14(12)18-16(17)20/h2-9,15,19H,10H2,1H3,(H3,17,18,20)/t15-/m0/s1. The van der Waals surface area contributed by atoms with E-state index in [-0.39, 0.29) is 0 Å². The molecule has 2 rings (SSSR count). The van der Waals surface area contributed by atoms with Crippen molar-refractivity contribution in [2.75, 3.05) is 5.32 Å². The summed E-state index contributed by atoms with van der Waals surface area (Å²) in [5, 5.41) is 12.9. The van der Waals surface area contributed by atoms with Crippen LogP contribution < -0.4 is 11.1 Å². The van der Waals surface area contributed by atoms with E-state index >= 15 is 0 Å². The van der Waals surface area contributed by atoms with Crippen molar-refractivity contribution < 1.29 is 9.90 Å². The van der Waals surface area contributed by atoms with Gasteiger partial charge in [-0.05, 0) is 29.7 Å². The summed E-state index contributed by atoms with van der Waals surface area (Å²) < 4.78 is 0. The highest BCUT2D eigenvalue weighted by molar-refractivity contribution is 5.88. The average Bonchev–Trinajstić information content (AvgIpc) is 2.41. The second-order valence-electron chi connectivity index (χ2n) is 4.72. The van der Waals surface area contributed by atoms with Crippen LogP contribution in [0.2, 0.25) is 0 Å². The van der Waals surface area contributed by atoms with E-state index in [4.69, 9.17) is 5.73 Å². The van der Waals surface area contributed by atoms with Gasteiger partial charge in [-0.1, -0.05) is 42.5 Å². The molecular formula is C16H18N2O2. The van der Waals surface area contributed by atoms with Crippen LogP contribution in [0, 0.1) is 6.92 Å². The summed E-state index contributed by atoms with van der Waals surface area (Å²) in [7, 11) is 0. The molecule has 0 fully saturated rings. The second-order valence-corrected chi connectivity index (χ2v) is 4.72. The van der Waals surface area contributed by atoms with Gasteiger partial charge >= 0.3 is 6.03 Å². The Morgan fingerprint density at radius 2 is 1.85 bits per heavy atom. The molecule has 4 nitrogen and oxygen atoms in total. The summed E-state index contributed by atoms with van der Waals surface area (Å²) in [4.78, 5) is 11.0. The van der Waals surface area contributed by atoms with Gasteiger partial charge in [-0.15, -0.1) is 0 Å². The van der Waals surface area contributed by atoms with Gasteiger partial charge in [0.05, 0.1) is 6.10 Å². The molecule has 0 aliphatic rings. The van der Waals surface area contributed by atoms with Gasteiger partial charge in [0.1, 0.15) is 0 Å². The molecule has 2 amide bonds. The van der Waals surface area contributed by atoms with Crippen LogP contribution in [0.1, 0.15) is 22.8 Å². The minimum absolute atomic E-state index is 0.418. The number of para-hydroxylation sites is 1. The van der Waals surface area contributed by atoms with Crippen molar-refractivity contribution in [1.82, 2.24) is 0 Å². The molecule has 0 saturated carbocycles. The molecule has 0 spiro atoms. The topological polar surface area (TPSA) is 75.3 Å². The number of hydrogen-bond donors (Lipinski definition) is 3. The summed E-state index contributed by atoms with van der Waals surface area (Å²) in [5.74, 6) is 0. The monoisotopic (exact) mass is 270 g/mol. The number of anilines is 1. The quantitative estimate of drug-likeness (QED) is 0.799. The van der Waals surface area contributed by atoms with E-state index in [1.54, 1.807) is 6.07 Å². The molecule has 20 heavy (non-hydrogen) atoms. The van der Waals surface area contributed by atoms with E-state index in [1.165, 1.54) is 0 Å². The number of nitrogens with one attached hydrogen (secondary N) is 1. The van der Waals surface area contributed by atoms with E-state index in [0.717, 1.165) is 16.7 Å². The fourth-order valence-corrected chi connectivity index (χ4v) is 2.23. The second kappa shape index (κ2) is 6.21. The molecule has 4 heteroatoms. The lowest BCUT2D eigenvalue weighted by Crippen LogP contribution is -2.20. The maximum atomic E-state index is 11.0. The molecule has 0 aliphatic carbocycles. The molecule has 104 valence electrons. The molecule has 0 bridgehead atoms. The Hall–Kier alpha value is -2.33. The zero-order valence-electron chi connectivity index (χ0n) is 11.3. The van der Waals surface area contributed by atoms with E-state index < -0.39 is 12.1 Å². The predicted octanol–water partition coefficient (Wildman–Crippen LogP) is 2.76. The lowest BCUT2D eigenvalue weighted by atomic mass is 9.97. The summed E-state index contributed by atoms with van der Waals surface area (Å²) in [6, 6.07) is 14.4. The zero-order valence-corrected chi connectivity index (χ0v) is 11.3. The van der Waals surface area contributed by atoms with Crippen molar-refractivity contribution in [2.24, 2.45) is 5.73 Å². The third-order valence-corrected chi connectivity index (χ3v) is 3.24. The first-order chi connectivity index (χ1) is 9.58. The van der Waals surface area contributed by atoms with Gasteiger partial charge in [0.2, 0.25) is 0 Å². The van der Waals surface area contributed by atoms with Crippen LogP contribution >= 0.6 is 0 Å². The molecule has 4 N–H and O–H groups in total. The number of primary amides is 1. The van der Waals surface area contributed by atoms with Gasteiger partial charge in [0.15, 0.2) is 0 Å². The van der Waals surface area contributed by atoms with Crippen LogP contribution in [-0.2, 0) is 6.42 Å². The Labute approximate surface area is 118 Å². The average molecular weight is 270 g/mol. The van der Waals surface area contributed by atoms with Crippen LogP contribution in [0.25, 0.3) is 0 Å². The Morgan fingerprint density at radius 3 is 2.55 bits per heavy atom. The highest BCUT2D eigenvalue weighted by Gasteiger charge is 2.13. The Balaban J connectivity index is 2.22. The summed E-state index contributed by atoms with van der Waals surface area (Å²) >= 11 is 0. The van der Waals surface area contributed by atoms with E-state index in [9.17, 15) is 9.90 Å². The van der Waals surface area contributed by atoms with Crippen LogP contribution in [0.5, 0.6) is 0 Å². The number of aliphatic hydroxyl groups is 1. The summed E-state index contributed by atoms with van der Waals surface area (Å²) in [5.41, 5.74) is 8.56. The molecular weight excluding hydrogens is 252 g/mol. The van der Waals surface area contributed by atoms with Crippen molar-refractivity contribution in [1.29, 1.82) is 0 Å². The molecule has 2 aromatic carbocycles. The molecule has 1 atom stereocenters. The molecule has 0 heterocycles. The minimum Gasteiger partial charge on any atom is -0.388 e. The Bertz CT molecular complexity index is 611. The smallest absolute Gasteiger partial charge is 0.316 e. The Kier molecular flexibility index (Phi) is 4.38. The normalized spacial score (nSPS) is 11.9. The highest BCUT2D eigenvalue weighted by Crippen LogP contribution is 2.25. The molecule has 0 saturated heterocycles. The number of carbonyl (C=O) groups is 1. The lowest BCUT2D eigenvalue weighted by Gasteiger charge is -2.16. The van der Waals surface area contributed by atoms with Gasteiger partial charge in [0.25, 0.3) is 0 Å². The number of amides is 2. The van der Waals surface area contributed by atoms with Gasteiger partial charge < -0.3 is 16.2 Å². The predicted molar refractivity (Wildman–Crippen MR) is 79.5 cm³/mol. The number of nitrogens with two attached hydrogens (primary N) is 1. The highest BCUT2D eigenvalue weighted by atomic mass is 16.3. The summed E-state index contributed by atoms with van der Waals surface area (Å²) in [6.45, 7) is 1.96. The zero-order chi connectivity index (χ0) is 14.5. The van der Waals surface area contributed by atoms with Gasteiger partial charge in [-0.25, -0.2) is 4.79 Å². The number of rotatable bonds is 4. The number of carbonyl (C=O) groups excluding carboxylic acids is 1. The number of urea groups is 1. The largest absolute Gasteiger partial charge is 0.388 e. The van der Waals surface area contributed by atoms with Crippen molar-refractivity contribution >= 4 is 11.7 Å². The number of aryl methyl sites for hydroxylation is 1. The van der Waals surface area contributed by atoms with Crippen molar-refractivity contribution in [3.63, 3.8) is 0 Å². The van der Waals surface area contributed by atoms with Crippen molar-refractivity contribution in [3.8, 4) is 0 Å². The van der Waals surface area contributed by atoms with Crippen LogP contribution in [0.4, 0.5) is 10.5 Å². The van der Waals surface area contributed by atoms with Crippen molar-refractivity contribution in [2.45, 2.75) is 19.4 Å². The maximum absolute atomic E-state index is 11.0. The SMILES string of the molecule is Cc1ccccc1[C@@H](O)Cc1ccccc1NC(N)=O. The third-order valence-electron chi connectivity index (χ3n) is 3.24. The fourth-order valence-electron chi connectivity index (χ4n) is 2.23. The van der Waals surface area contributed by atoms with E-state index in [1.807, 2.05) is 49.4 Å². The molecule has 2 aromatic rings. The third kappa shape index (κ3) is 3.36. The molecule has 0 radical (unpaired) electrons. The maximum Gasteiger partial charge on any atom is 0.316 e. The van der Waals surface area contributed by atoms with Gasteiger partial charge in [-0.2, -0.15) is 0 Å². The first-order valence-electron chi connectivity index (χ1n) is 6.46.